The lowest BCUT2D eigenvalue weighted by Gasteiger charge is -2.04. The molecule has 0 aromatic carbocycles. The Kier molecular flexibility index (Phi) is 18.3. The molecule has 2 nitrogen and oxygen atoms in total. The van der Waals surface area contributed by atoms with E-state index in [1.807, 2.05) is 0 Å². The van der Waals surface area contributed by atoms with E-state index in [0.717, 1.165) is 0 Å². The summed E-state index contributed by atoms with van der Waals surface area (Å²) in [5.41, 5.74) is 0. The van der Waals surface area contributed by atoms with E-state index in [1.165, 1.54) is 147 Å². The number of imidazole rings is 1. The molecule has 0 aliphatic heterocycles. The quantitative estimate of drug-likeness (QED) is 0.131. The highest BCUT2D eigenvalue weighted by atomic mass is 15.1. The van der Waals surface area contributed by atoms with E-state index < -0.39 is 0 Å². The van der Waals surface area contributed by atoms with Crippen LogP contribution in [0.5, 0.6) is 0 Å². The van der Waals surface area contributed by atoms with Crippen LogP contribution in [0, 0.1) is 6.92 Å². The summed E-state index contributed by atoms with van der Waals surface area (Å²) < 4.78 is 4.94. The zero-order valence-electron chi connectivity index (χ0n) is 21.1. The van der Waals surface area contributed by atoms with Gasteiger partial charge >= 0.3 is 0 Å². The van der Waals surface area contributed by atoms with E-state index >= 15 is 0 Å². The Hall–Kier alpha value is -0.790. The minimum Gasteiger partial charge on any atom is -0.234 e. The first-order valence-corrected chi connectivity index (χ1v) is 13.8. The van der Waals surface area contributed by atoms with Crippen molar-refractivity contribution in [1.82, 2.24) is 4.57 Å². The van der Waals surface area contributed by atoms with Gasteiger partial charge in [-0.05, 0) is 25.7 Å². The van der Waals surface area contributed by atoms with Gasteiger partial charge in [0.25, 0.3) is 5.82 Å². The standard InChI is InChI=1S/C28H55N2/c1-4-6-8-10-12-13-14-15-16-17-19-21-23-25-30-27-26-29(28(30)3)24-22-20-18-11-9-7-5-2/h26-27H,4-25H2,1-3H3/q+1. The minimum absolute atomic E-state index is 1.20. The van der Waals surface area contributed by atoms with Crippen LogP contribution in [-0.2, 0) is 13.1 Å². The van der Waals surface area contributed by atoms with Crippen LogP contribution in [-0.4, -0.2) is 4.57 Å². The average Bonchev–Trinajstić information content (AvgIpc) is 3.10. The third kappa shape index (κ3) is 14.3. The lowest BCUT2D eigenvalue weighted by atomic mass is 10.0. The van der Waals surface area contributed by atoms with Gasteiger partial charge in [-0.15, -0.1) is 0 Å². The minimum atomic E-state index is 1.20. The number of nitrogens with zero attached hydrogens (tertiary/aromatic N) is 2. The van der Waals surface area contributed by atoms with E-state index in [1.54, 1.807) is 0 Å². The van der Waals surface area contributed by atoms with Crippen molar-refractivity contribution in [1.29, 1.82) is 0 Å². The largest absolute Gasteiger partial charge is 0.253 e. The molecular weight excluding hydrogens is 364 g/mol. The molecule has 2 heteroatoms. The van der Waals surface area contributed by atoms with Crippen LogP contribution >= 0.6 is 0 Å². The molecule has 0 amide bonds. The van der Waals surface area contributed by atoms with Crippen molar-refractivity contribution in [3.63, 3.8) is 0 Å². The molecule has 0 fully saturated rings. The molecule has 0 atom stereocenters. The molecule has 0 radical (unpaired) electrons. The first-order chi connectivity index (χ1) is 14.8. The maximum atomic E-state index is 2.47. The van der Waals surface area contributed by atoms with Crippen molar-refractivity contribution in [3.8, 4) is 0 Å². The molecule has 0 unspecified atom stereocenters. The monoisotopic (exact) mass is 419 g/mol. The molecule has 176 valence electrons. The van der Waals surface area contributed by atoms with Gasteiger partial charge < -0.3 is 0 Å². The van der Waals surface area contributed by atoms with Crippen molar-refractivity contribution in [3.05, 3.63) is 18.2 Å². The lowest BCUT2D eigenvalue weighted by Crippen LogP contribution is -2.35. The summed E-state index contributed by atoms with van der Waals surface area (Å²) in [6.45, 7) is 9.29. The van der Waals surface area contributed by atoms with E-state index in [0.29, 0.717) is 0 Å². The number of unbranched alkanes of at least 4 members (excludes halogenated alkanes) is 18. The Balaban J connectivity index is 1.95. The maximum Gasteiger partial charge on any atom is 0.253 e. The van der Waals surface area contributed by atoms with Gasteiger partial charge in [0.1, 0.15) is 12.4 Å². The molecule has 0 aliphatic rings. The van der Waals surface area contributed by atoms with Gasteiger partial charge in [0.05, 0.1) is 13.1 Å². The first kappa shape index (κ1) is 27.2. The SMILES string of the molecule is CCCCCCCCCCCCCCCn1cc[n+](CCCCCCCCC)c1C. The van der Waals surface area contributed by atoms with Crippen LogP contribution in [0.2, 0.25) is 0 Å². The normalized spacial score (nSPS) is 11.4. The van der Waals surface area contributed by atoms with Crippen LogP contribution in [0.4, 0.5) is 0 Å². The third-order valence-electron chi connectivity index (χ3n) is 6.76. The molecule has 0 N–H and O–H groups in total. The number of hydrogen-bond donors (Lipinski definition) is 0. The molecule has 0 saturated carbocycles. The predicted molar refractivity (Wildman–Crippen MR) is 133 cm³/mol. The van der Waals surface area contributed by atoms with Crippen molar-refractivity contribution in [2.75, 3.05) is 0 Å². The Bertz CT molecular complexity index is 477. The molecule has 0 spiro atoms. The molecule has 1 aromatic rings. The highest BCUT2D eigenvalue weighted by Gasteiger charge is 2.11. The van der Waals surface area contributed by atoms with Crippen molar-refractivity contribution in [2.24, 2.45) is 0 Å². The van der Waals surface area contributed by atoms with Crippen LogP contribution in [0.3, 0.4) is 0 Å². The average molecular weight is 420 g/mol. The summed E-state index contributed by atoms with van der Waals surface area (Å²) in [5.74, 6) is 1.44. The molecule has 1 rings (SSSR count). The summed E-state index contributed by atoms with van der Waals surface area (Å²) in [4.78, 5) is 0. The number of aromatic nitrogens is 2. The van der Waals surface area contributed by atoms with Crippen molar-refractivity contribution < 1.29 is 4.57 Å². The van der Waals surface area contributed by atoms with Crippen molar-refractivity contribution >= 4 is 0 Å². The fourth-order valence-electron chi connectivity index (χ4n) is 4.55. The molecule has 1 aromatic heterocycles. The lowest BCUT2D eigenvalue weighted by molar-refractivity contribution is -0.702. The molecule has 0 aliphatic carbocycles. The smallest absolute Gasteiger partial charge is 0.234 e. The first-order valence-electron chi connectivity index (χ1n) is 13.8. The van der Waals surface area contributed by atoms with E-state index in [4.69, 9.17) is 0 Å². The fraction of sp³-hybridized carbons (Fsp3) is 0.893. The summed E-state index contributed by atoms with van der Waals surface area (Å²) >= 11 is 0. The highest BCUT2D eigenvalue weighted by molar-refractivity contribution is 4.79. The fourth-order valence-corrected chi connectivity index (χ4v) is 4.55. The second-order valence-corrected chi connectivity index (χ2v) is 9.60. The molecule has 0 saturated heterocycles. The van der Waals surface area contributed by atoms with Gasteiger partial charge in [-0.1, -0.05) is 117 Å². The molecule has 1 heterocycles. The Labute approximate surface area is 189 Å². The van der Waals surface area contributed by atoms with Gasteiger partial charge in [-0.2, -0.15) is 0 Å². The van der Waals surface area contributed by atoms with E-state index in [2.05, 4.69) is 42.3 Å². The molecule has 30 heavy (non-hydrogen) atoms. The third-order valence-corrected chi connectivity index (χ3v) is 6.76. The van der Waals surface area contributed by atoms with Crippen LogP contribution in [0.1, 0.15) is 148 Å². The van der Waals surface area contributed by atoms with Crippen molar-refractivity contribution in [2.45, 2.75) is 162 Å². The van der Waals surface area contributed by atoms with Gasteiger partial charge in [-0.3, -0.25) is 0 Å². The summed E-state index contributed by atoms with van der Waals surface area (Å²) in [7, 11) is 0. The zero-order valence-corrected chi connectivity index (χ0v) is 21.1. The van der Waals surface area contributed by atoms with Gasteiger partial charge in [-0.25, -0.2) is 9.13 Å². The molecular formula is C28H55N2+. The Morgan fingerprint density at radius 2 is 0.967 bits per heavy atom. The van der Waals surface area contributed by atoms with Gasteiger partial charge in [0.15, 0.2) is 0 Å². The zero-order chi connectivity index (χ0) is 21.7. The number of hydrogen-bond acceptors (Lipinski definition) is 0. The topological polar surface area (TPSA) is 8.81 Å². The number of rotatable bonds is 22. The highest BCUT2D eigenvalue weighted by Crippen LogP contribution is 2.13. The second kappa shape index (κ2) is 20.1. The number of aryl methyl sites for hydroxylation is 2. The van der Waals surface area contributed by atoms with Crippen LogP contribution in [0.25, 0.3) is 0 Å². The van der Waals surface area contributed by atoms with E-state index in [9.17, 15) is 0 Å². The molecule has 0 bridgehead atoms. The Morgan fingerprint density at radius 3 is 1.43 bits per heavy atom. The summed E-state index contributed by atoms with van der Waals surface area (Å²) in [6.07, 6.45) is 33.0. The second-order valence-electron chi connectivity index (χ2n) is 9.60. The van der Waals surface area contributed by atoms with E-state index in [-0.39, 0.29) is 0 Å². The van der Waals surface area contributed by atoms with Crippen LogP contribution < -0.4 is 4.57 Å². The van der Waals surface area contributed by atoms with Gasteiger partial charge in [0, 0.05) is 6.92 Å². The van der Waals surface area contributed by atoms with Crippen LogP contribution in [0.15, 0.2) is 12.4 Å². The summed E-state index contributed by atoms with van der Waals surface area (Å²) in [5, 5.41) is 0. The Morgan fingerprint density at radius 1 is 0.567 bits per heavy atom. The predicted octanol–water partition coefficient (Wildman–Crippen LogP) is 8.93. The van der Waals surface area contributed by atoms with Gasteiger partial charge in [0.2, 0.25) is 0 Å². The maximum absolute atomic E-state index is 2.47. The summed E-state index contributed by atoms with van der Waals surface area (Å²) in [6, 6.07) is 0.